The van der Waals surface area contributed by atoms with Crippen molar-refractivity contribution in [3.8, 4) is 0 Å². The number of fused-ring (bicyclic) bond motifs is 1. The molecule has 0 atom stereocenters. The molecule has 0 unspecified atom stereocenters. The molecule has 1 N–H and O–H groups in total. The monoisotopic (exact) mass is 347 g/mol. The molecular formula is C22H25N3O. The molecule has 0 saturated carbocycles. The molecule has 0 spiro atoms. The van der Waals surface area contributed by atoms with Gasteiger partial charge in [0.25, 0.3) is 5.91 Å². The maximum absolute atomic E-state index is 12.7. The van der Waals surface area contributed by atoms with Crippen molar-refractivity contribution in [1.82, 2.24) is 15.2 Å². The standard InChI is InChI=1S/C22H25N3O/c1-15-9-10-21-19(11-15)12-20(16(2)24-21)22(26)23-13-17-7-5-6-8-18(17)14-25(3)4/h5-12H,13-14H2,1-4H3,(H,23,26). The number of aryl methyl sites for hydroxylation is 2. The minimum absolute atomic E-state index is 0.0851. The molecule has 0 saturated heterocycles. The van der Waals surface area contributed by atoms with E-state index in [-0.39, 0.29) is 5.91 Å². The number of benzene rings is 2. The van der Waals surface area contributed by atoms with Gasteiger partial charge < -0.3 is 10.2 Å². The normalized spacial score (nSPS) is 11.1. The first-order valence-electron chi connectivity index (χ1n) is 8.82. The van der Waals surface area contributed by atoms with Crippen LogP contribution in [-0.2, 0) is 13.1 Å². The zero-order chi connectivity index (χ0) is 18.7. The number of rotatable bonds is 5. The number of hydrogen-bond acceptors (Lipinski definition) is 3. The Morgan fingerprint density at radius 1 is 1.04 bits per heavy atom. The Morgan fingerprint density at radius 2 is 1.77 bits per heavy atom. The fraction of sp³-hybridized carbons (Fsp3) is 0.273. The fourth-order valence-corrected chi connectivity index (χ4v) is 3.12. The maximum atomic E-state index is 12.7. The molecule has 0 fully saturated rings. The molecule has 4 nitrogen and oxygen atoms in total. The summed E-state index contributed by atoms with van der Waals surface area (Å²) in [6.07, 6.45) is 0. The summed E-state index contributed by atoms with van der Waals surface area (Å²) in [5.41, 5.74) is 5.82. The largest absolute Gasteiger partial charge is 0.348 e. The summed E-state index contributed by atoms with van der Waals surface area (Å²) < 4.78 is 0. The first-order chi connectivity index (χ1) is 12.4. The van der Waals surface area contributed by atoms with E-state index in [1.54, 1.807) is 0 Å². The number of carbonyl (C=O) groups excluding carboxylic acids is 1. The molecule has 0 radical (unpaired) electrons. The third-order valence-corrected chi connectivity index (χ3v) is 4.45. The Morgan fingerprint density at radius 3 is 2.50 bits per heavy atom. The van der Waals surface area contributed by atoms with Crippen molar-refractivity contribution in [2.75, 3.05) is 14.1 Å². The molecule has 4 heteroatoms. The molecule has 2 aromatic carbocycles. The van der Waals surface area contributed by atoms with Crippen LogP contribution in [0.15, 0.2) is 48.5 Å². The summed E-state index contributed by atoms with van der Waals surface area (Å²) in [4.78, 5) is 19.4. The van der Waals surface area contributed by atoms with Gasteiger partial charge in [-0.15, -0.1) is 0 Å². The van der Waals surface area contributed by atoms with Crippen LogP contribution in [0.3, 0.4) is 0 Å². The lowest BCUT2D eigenvalue weighted by atomic mass is 10.1. The number of carbonyl (C=O) groups is 1. The zero-order valence-corrected chi connectivity index (χ0v) is 15.8. The summed E-state index contributed by atoms with van der Waals surface area (Å²) in [5, 5.41) is 4.05. The van der Waals surface area contributed by atoms with Gasteiger partial charge in [-0.3, -0.25) is 9.78 Å². The van der Waals surface area contributed by atoms with Gasteiger partial charge in [-0.25, -0.2) is 0 Å². The lowest BCUT2D eigenvalue weighted by Crippen LogP contribution is -2.25. The van der Waals surface area contributed by atoms with Crippen LogP contribution in [0.25, 0.3) is 10.9 Å². The van der Waals surface area contributed by atoms with Crippen molar-refractivity contribution in [3.05, 3.63) is 76.5 Å². The van der Waals surface area contributed by atoms with Gasteiger partial charge in [-0.2, -0.15) is 0 Å². The molecule has 3 rings (SSSR count). The van der Waals surface area contributed by atoms with Crippen molar-refractivity contribution in [1.29, 1.82) is 0 Å². The van der Waals surface area contributed by atoms with Gasteiger partial charge in [-0.05, 0) is 57.3 Å². The van der Waals surface area contributed by atoms with Gasteiger partial charge in [0.1, 0.15) is 0 Å². The molecule has 1 amide bonds. The minimum Gasteiger partial charge on any atom is -0.348 e. The van der Waals surface area contributed by atoms with Crippen molar-refractivity contribution < 1.29 is 4.79 Å². The van der Waals surface area contributed by atoms with E-state index in [0.717, 1.165) is 34.3 Å². The molecule has 0 bridgehead atoms. The molecule has 134 valence electrons. The van der Waals surface area contributed by atoms with E-state index in [1.807, 2.05) is 58.3 Å². The second-order valence-electron chi connectivity index (χ2n) is 7.01. The third-order valence-electron chi connectivity index (χ3n) is 4.45. The number of hydrogen-bond donors (Lipinski definition) is 1. The fourth-order valence-electron chi connectivity index (χ4n) is 3.12. The Kier molecular flexibility index (Phi) is 5.33. The van der Waals surface area contributed by atoms with Crippen molar-refractivity contribution in [3.63, 3.8) is 0 Å². The third kappa shape index (κ3) is 4.09. The van der Waals surface area contributed by atoms with E-state index >= 15 is 0 Å². The molecular weight excluding hydrogens is 322 g/mol. The van der Waals surface area contributed by atoms with Crippen LogP contribution in [0.4, 0.5) is 0 Å². The van der Waals surface area contributed by atoms with E-state index in [4.69, 9.17) is 0 Å². The number of nitrogens with zero attached hydrogens (tertiary/aromatic N) is 2. The average Bonchev–Trinajstić information content (AvgIpc) is 2.60. The molecule has 0 aliphatic rings. The minimum atomic E-state index is -0.0851. The molecule has 3 aromatic rings. The van der Waals surface area contributed by atoms with E-state index < -0.39 is 0 Å². The quantitative estimate of drug-likeness (QED) is 0.763. The zero-order valence-electron chi connectivity index (χ0n) is 15.8. The highest BCUT2D eigenvalue weighted by molar-refractivity contribution is 5.98. The van der Waals surface area contributed by atoms with Gasteiger partial charge >= 0.3 is 0 Å². The van der Waals surface area contributed by atoms with Crippen LogP contribution in [-0.4, -0.2) is 29.9 Å². The lowest BCUT2D eigenvalue weighted by Gasteiger charge is -2.15. The molecule has 0 aliphatic heterocycles. The summed E-state index contributed by atoms with van der Waals surface area (Å²) in [6, 6.07) is 16.2. The smallest absolute Gasteiger partial charge is 0.253 e. The Labute approximate surface area is 154 Å². The van der Waals surface area contributed by atoms with E-state index in [0.29, 0.717) is 12.1 Å². The van der Waals surface area contributed by atoms with Crippen LogP contribution in [0.1, 0.15) is 32.7 Å². The predicted molar refractivity (Wildman–Crippen MR) is 106 cm³/mol. The maximum Gasteiger partial charge on any atom is 0.253 e. The second-order valence-corrected chi connectivity index (χ2v) is 7.01. The van der Waals surface area contributed by atoms with Gasteiger partial charge in [0, 0.05) is 18.5 Å². The molecule has 26 heavy (non-hydrogen) atoms. The van der Waals surface area contributed by atoms with Crippen LogP contribution in [0.5, 0.6) is 0 Å². The van der Waals surface area contributed by atoms with Gasteiger partial charge in [0.05, 0.1) is 16.8 Å². The van der Waals surface area contributed by atoms with E-state index in [1.165, 1.54) is 5.56 Å². The van der Waals surface area contributed by atoms with Crippen LogP contribution >= 0.6 is 0 Å². The highest BCUT2D eigenvalue weighted by Crippen LogP contribution is 2.18. The van der Waals surface area contributed by atoms with Crippen LogP contribution in [0.2, 0.25) is 0 Å². The highest BCUT2D eigenvalue weighted by atomic mass is 16.1. The lowest BCUT2D eigenvalue weighted by molar-refractivity contribution is 0.0950. The predicted octanol–water partition coefficient (Wildman–Crippen LogP) is 3.84. The number of amides is 1. The van der Waals surface area contributed by atoms with Crippen molar-refractivity contribution in [2.45, 2.75) is 26.9 Å². The number of nitrogens with one attached hydrogen (secondary N) is 1. The van der Waals surface area contributed by atoms with Crippen molar-refractivity contribution >= 4 is 16.8 Å². The first-order valence-corrected chi connectivity index (χ1v) is 8.82. The van der Waals surface area contributed by atoms with Crippen molar-refractivity contribution in [2.24, 2.45) is 0 Å². The Hall–Kier alpha value is -2.72. The number of pyridine rings is 1. The topological polar surface area (TPSA) is 45.2 Å². The second kappa shape index (κ2) is 7.67. The summed E-state index contributed by atoms with van der Waals surface area (Å²) in [7, 11) is 4.09. The molecule has 0 aliphatic carbocycles. The summed E-state index contributed by atoms with van der Waals surface area (Å²) >= 11 is 0. The Bertz CT molecular complexity index is 947. The molecule has 1 aromatic heterocycles. The van der Waals surface area contributed by atoms with Crippen LogP contribution in [0, 0.1) is 13.8 Å². The van der Waals surface area contributed by atoms with E-state index in [2.05, 4.69) is 33.4 Å². The summed E-state index contributed by atoms with van der Waals surface area (Å²) in [6.45, 7) is 5.28. The SMILES string of the molecule is Cc1ccc2nc(C)c(C(=O)NCc3ccccc3CN(C)C)cc2c1. The summed E-state index contributed by atoms with van der Waals surface area (Å²) in [5.74, 6) is -0.0851. The first kappa shape index (κ1) is 18.1. The van der Waals surface area contributed by atoms with Gasteiger partial charge in [-0.1, -0.05) is 35.9 Å². The van der Waals surface area contributed by atoms with Crippen LogP contribution < -0.4 is 5.32 Å². The van der Waals surface area contributed by atoms with Gasteiger partial charge in [0.15, 0.2) is 0 Å². The van der Waals surface area contributed by atoms with E-state index in [9.17, 15) is 4.79 Å². The highest BCUT2D eigenvalue weighted by Gasteiger charge is 2.12. The Balaban J connectivity index is 1.81. The van der Waals surface area contributed by atoms with Gasteiger partial charge in [0.2, 0.25) is 0 Å². The number of aromatic nitrogens is 1. The molecule has 1 heterocycles. The average molecular weight is 347 g/mol.